The van der Waals surface area contributed by atoms with Crippen LogP contribution in [0.25, 0.3) is 0 Å². The van der Waals surface area contributed by atoms with E-state index in [9.17, 15) is 0 Å². The van der Waals surface area contributed by atoms with Crippen LogP contribution in [0.1, 0.15) is 11.3 Å². The fraction of sp³-hybridized carbons (Fsp3) is 0.267. The maximum atomic E-state index is 5.89. The maximum absolute atomic E-state index is 5.89. The maximum Gasteiger partial charge on any atom is 0.274 e. The number of rotatable bonds is 5. The van der Waals surface area contributed by atoms with Crippen LogP contribution in [0.3, 0.4) is 0 Å². The zero-order chi connectivity index (χ0) is 14.4. The minimum Gasteiger partial charge on any atom is -0.541 e. The lowest BCUT2D eigenvalue weighted by Crippen LogP contribution is -2.11. The molecule has 0 aliphatic carbocycles. The van der Waals surface area contributed by atoms with Crippen LogP contribution >= 0.6 is 0 Å². The highest BCUT2D eigenvalue weighted by Gasteiger charge is 2.07. The summed E-state index contributed by atoms with van der Waals surface area (Å²) in [4.78, 5) is 12.8. The van der Waals surface area contributed by atoms with Crippen LogP contribution in [-0.2, 0) is 6.42 Å². The Morgan fingerprint density at radius 3 is 2.85 bits per heavy atom. The Balaban J connectivity index is 2.15. The summed E-state index contributed by atoms with van der Waals surface area (Å²) in [5, 5.41) is 0. The highest BCUT2D eigenvalue weighted by Crippen LogP contribution is 2.31. The number of benzene rings is 1. The van der Waals surface area contributed by atoms with Gasteiger partial charge in [-0.3, -0.25) is 15.0 Å². The molecule has 0 saturated heterocycles. The fourth-order valence-electron chi connectivity index (χ4n) is 1.77. The van der Waals surface area contributed by atoms with Gasteiger partial charge in [0.2, 0.25) is 0 Å². The number of aryl methyl sites for hydroxylation is 1. The monoisotopic (exact) mass is 284 g/mol. The molecule has 0 unspecified atom stereocenters. The van der Waals surface area contributed by atoms with Crippen molar-refractivity contribution in [3.63, 3.8) is 0 Å². The molecular formula is C15H18N3OSi. The van der Waals surface area contributed by atoms with Gasteiger partial charge in [0.05, 0.1) is 5.69 Å². The molecule has 0 N–H and O–H groups in total. The van der Waals surface area contributed by atoms with Gasteiger partial charge in [0.15, 0.2) is 0 Å². The van der Waals surface area contributed by atoms with Crippen LogP contribution in [0.15, 0.2) is 41.8 Å². The molecule has 2 rings (SSSR count). The number of hydrogen-bond donors (Lipinski definition) is 0. The minimum atomic E-state index is -0.798. The summed E-state index contributed by atoms with van der Waals surface area (Å²) in [7, 11) is -0.798. The number of aliphatic imine (C=N–C) groups is 1. The Morgan fingerprint density at radius 2 is 2.15 bits per heavy atom. The predicted octanol–water partition coefficient (Wildman–Crippen LogP) is 3.36. The van der Waals surface area contributed by atoms with Gasteiger partial charge in [-0.15, -0.1) is 0 Å². The van der Waals surface area contributed by atoms with E-state index in [2.05, 4.69) is 28.1 Å². The second-order valence-corrected chi connectivity index (χ2v) is 6.67. The summed E-state index contributed by atoms with van der Waals surface area (Å²) in [5.74, 6) is 0.860. The lowest BCUT2D eigenvalue weighted by molar-refractivity contribution is 0.581. The summed E-state index contributed by atoms with van der Waals surface area (Å²) in [6.45, 7) is 6.26. The third-order valence-corrected chi connectivity index (χ3v) is 3.28. The Bertz CT molecular complexity index is 585. The molecule has 0 aliphatic heterocycles. The molecule has 0 fully saturated rings. The van der Waals surface area contributed by atoms with Crippen molar-refractivity contribution in [1.29, 1.82) is 0 Å². The molecule has 103 valence electrons. The molecule has 4 nitrogen and oxygen atoms in total. The number of hydrogen-bond acceptors (Lipinski definition) is 4. The molecule has 0 aliphatic rings. The summed E-state index contributed by atoms with van der Waals surface area (Å²) in [5.41, 5.74) is 2.92. The first-order valence-corrected chi connectivity index (χ1v) is 8.92. The molecule has 20 heavy (non-hydrogen) atoms. The van der Waals surface area contributed by atoms with Crippen molar-refractivity contribution >= 4 is 20.9 Å². The van der Waals surface area contributed by atoms with Crippen molar-refractivity contribution in [1.82, 2.24) is 9.97 Å². The van der Waals surface area contributed by atoms with Gasteiger partial charge in [0.25, 0.3) is 9.04 Å². The summed E-state index contributed by atoms with van der Waals surface area (Å²) >= 11 is 0. The molecular weight excluding hydrogens is 266 g/mol. The van der Waals surface area contributed by atoms with E-state index < -0.39 is 9.04 Å². The molecule has 1 heterocycles. The third kappa shape index (κ3) is 3.99. The van der Waals surface area contributed by atoms with E-state index in [1.165, 1.54) is 0 Å². The second-order valence-electron chi connectivity index (χ2n) is 4.64. The Morgan fingerprint density at radius 1 is 1.30 bits per heavy atom. The lowest BCUT2D eigenvalue weighted by Gasteiger charge is -2.12. The van der Waals surface area contributed by atoms with Gasteiger partial charge in [0.1, 0.15) is 11.4 Å². The van der Waals surface area contributed by atoms with Crippen LogP contribution in [0.2, 0.25) is 13.1 Å². The van der Waals surface area contributed by atoms with Crippen molar-refractivity contribution in [3.8, 4) is 5.75 Å². The first kappa shape index (κ1) is 14.4. The van der Waals surface area contributed by atoms with Gasteiger partial charge >= 0.3 is 0 Å². The smallest absolute Gasteiger partial charge is 0.274 e. The first-order chi connectivity index (χ1) is 9.66. The van der Waals surface area contributed by atoms with Crippen LogP contribution in [-0.4, -0.2) is 25.2 Å². The van der Waals surface area contributed by atoms with E-state index in [-0.39, 0.29) is 0 Å². The lowest BCUT2D eigenvalue weighted by atomic mass is 10.2. The average Bonchev–Trinajstić information content (AvgIpc) is 2.42. The number of nitrogens with zero attached hydrogens (tertiary/aromatic N) is 3. The van der Waals surface area contributed by atoms with Gasteiger partial charge in [-0.25, -0.2) is 0 Å². The van der Waals surface area contributed by atoms with Crippen molar-refractivity contribution in [2.75, 3.05) is 0 Å². The third-order valence-electron chi connectivity index (χ3n) is 2.65. The van der Waals surface area contributed by atoms with E-state index in [1.54, 1.807) is 18.6 Å². The van der Waals surface area contributed by atoms with Crippen molar-refractivity contribution in [2.24, 2.45) is 4.99 Å². The quantitative estimate of drug-likeness (QED) is 0.625. The molecule has 5 heteroatoms. The van der Waals surface area contributed by atoms with E-state index in [1.807, 2.05) is 31.3 Å². The number of aromatic nitrogens is 2. The summed E-state index contributed by atoms with van der Waals surface area (Å²) < 4.78 is 5.89. The standard InChI is InChI=1S/C15H18N3OSi/c1-12-5-4-6-14(19-20(2)3)15(12)18-8-7-13-11-16-9-10-17-13/h4-6,8-11H,7H2,1-3H3. The minimum absolute atomic E-state index is 0.664. The van der Waals surface area contributed by atoms with Crippen molar-refractivity contribution in [2.45, 2.75) is 26.4 Å². The van der Waals surface area contributed by atoms with Gasteiger partial charge < -0.3 is 4.43 Å². The molecule has 2 aromatic rings. The fourth-order valence-corrected chi connectivity index (χ4v) is 2.37. The molecule has 0 spiro atoms. The Labute approximate surface area is 121 Å². The average molecular weight is 284 g/mol. The second kappa shape index (κ2) is 6.95. The van der Waals surface area contributed by atoms with E-state index in [4.69, 9.17) is 4.43 Å². The number of para-hydroxylation sites is 1. The molecule has 1 aromatic heterocycles. The molecule has 1 aromatic carbocycles. The predicted molar refractivity (Wildman–Crippen MR) is 83.2 cm³/mol. The Hall–Kier alpha value is -2.01. The van der Waals surface area contributed by atoms with Crippen LogP contribution in [0, 0.1) is 6.92 Å². The summed E-state index contributed by atoms with van der Waals surface area (Å²) in [6, 6.07) is 6.01. The SMILES string of the molecule is Cc1cccc(O[Si](C)C)c1N=CCc1cnccn1. The zero-order valence-corrected chi connectivity index (χ0v) is 13.0. The highest BCUT2D eigenvalue weighted by molar-refractivity contribution is 6.49. The topological polar surface area (TPSA) is 47.4 Å². The normalized spacial score (nSPS) is 11.2. The first-order valence-electron chi connectivity index (χ1n) is 6.52. The van der Waals surface area contributed by atoms with E-state index in [0.717, 1.165) is 22.7 Å². The Kier molecular flexibility index (Phi) is 5.01. The van der Waals surface area contributed by atoms with Gasteiger partial charge in [-0.05, 0) is 31.6 Å². The highest BCUT2D eigenvalue weighted by atomic mass is 28.3. The molecule has 0 saturated carbocycles. The largest absolute Gasteiger partial charge is 0.541 e. The van der Waals surface area contributed by atoms with Crippen LogP contribution < -0.4 is 4.43 Å². The van der Waals surface area contributed by atoms with Crippen molar-refractivity contribution < 1.29 is 4.43 Å². The van der Waals surface area contributed by atoms with Crippen molar-refractivity contribution in [3.05, 3.63) is 48.0 Å². The van der Waals surface area contributed by atoms with Gasteiger partial charge in [-0.2, -0.15) is 0 Å². The van der Waals surface area contributed by atoms with Crippen LogP contribution in [0.4, 0.5) is 5.69 Å². The molecule has 1 radical (unpaired) electrons. The molecule has 0 bridgehead atoms. The zero-order valence-electron chi connectivity index (χ0n) is 12.0. The van der Waals surface area contributed by atoms with E-state index >= 15 is 0 Å². The van der Waals surface area contributed by atoms with Gasteiger partial charge in [-0.1, -0.05) is 12.1 Å². The van der Waals surface area contributed by atoms with Gasteiger partial charge in [0, 0.05) is 31.2 Å². The van der Waals surface area contributed by atoms with Crippen LogP contribution in [0.5, 0.6) is 5.75 Å². The van der Waals surface area contributed by atoms with E-state index in [0.29, 0.717) is 6.42 Å². The summed E-state index contributed by atoms with van der Waals surface area (Å²) in [6.07, 6.45) is 7.63. The molecule has 0 atom stereocenters. The molecule has 0 amide bonds.